The monoisotopic (exact) mass is 376 g/mol. The van der Waals surface area contributed by atoms with Crippen LogP contribution in [-0.2, 0) is 11.2 Å². The Bertz CT molecular complexity index is 547. The second-order valence-corrected chi connectivity index (χ2v) is 7.72. The second kappa shape index (κ2) is 12.1. The van der Waals surface area contributed by atoms with Crippen molar-refractivity contribution in [1.29, 1.82) is 0 Å². The number of hydrogen-bond donors (Lipinski definition) is 4. The van der Waals surface area contributed by atoms with Gasteiger partial charge in [0, 0.05) is 5.69 Å². The Morgan fingerprint density at radius 3 is 2.52 bits per heavy atom. The molecule has 1 aromatic carbocycles. The number of carbonyl (C=O) groups is 1. The smallest absolute Gasteiger partial charge is 0.244 e. The maximum absolute atomic E-state index is 12.1. The number of aliphatic hydroxyl groups excluding tert-OH is 2. The molecule has 152 valence electrons. The Labute approximate surface area is 163 Å². The van der Waals surface area contributed by atoms with E-state index >= 15 is 0 Å². The molecule has 5 nitrogen and oxygen atoms in total. The van der Waals surface area contributed by atoms with E-state index < -0.39 is 12.1 Å². The first kappa shape index (κ1) is 21.9. The molecule has 2 rings (SSSR count). The summed E-state index contributed by atoms with van der Waals surface area (Å²) < 4.78 is 0. The van der Waals surface area contributed by atoms with Gasteiger partial charge in [-0.1, -0.05) is 51.2 Å². The van der Waals surface area contributed by atoms with Gasteiger partial charge in [-0.05, 0) is 56.3 Å². The van der Waals surface area contributed by atoms with Crippen LogP contribution in [0.25, 0.3) is 0 Å². The van der Waals surface area contributed by atoms with Crippen molar-refractivity contribution in [3.63, 3.8) is 0 Å². The fourth-order valence-corrected chi connectivity index (χ4v) is 3.60. The quantitative estimate of drug-likeness (QED) is 0.422. The number of aliphatic hydroxyl groups is 2. The van der Waals surface area contributed by atoms with Crippen molar-refractivity contribution in [2.75, 3.05) is 11.9 Å². The van der Waals surface area contributed by atoms with E-state index in [1.165, 1.54) is 31.2 Å². The zero-order valence-corrected chi connectivity index (χ0v) is 16.6. The van der Waals surface area contributed by atoms with Crippen molar-refractivity contribution in [2.24, 2.45) is 0 Å². The van der Waals surface area contributed by atoms with Gasteiger partial charge in [-0.3, -0.25) is 4.79 Å². The van der Waals surface area contributed by atoms with Gasteiger partial charge in [0.25, 0.3) is 0 Å². The van der Waals surface area contributed by atoms with Crippen LogP contribution in [0.15, 0.2) is 24.3 Å². The molecule has 0 bridgehead atoms. The van der Waals surface area contributed by atoms with Crippen LogP contribution in [0, 0.1) is 0 Å². The van der Waals surface area contributed by atoms with Crippen LogP contribution in [0.4, 0.5) is 5.69 Å². The third-order valence-corrected chi connectivity index (χ3v) is 5.34. The molecule has 0 saturated carbocycles. The lowest BCUT2D eigenvalue weighted by molar-refractivity contribution is -0.119. The molecule has 1 saturated heterocycles. The Morgan fingerprint density at radius 2 is 1.85 bits per heavy atom. The molecule has 1 fully saturated rings. The highest BCUT2D eigenvalue weighted by Crippen LogP contribution is 2.16. The number of carbonyl (C=O) groups excluding carboxylic acids is 1. The molecule has 0 radical (unpaired) electrons. The highest BCUT2D eigenvalue weighted by molar-refractivity contribution is 5.95. The van der Waals surface area contributed by atoms with Crippen molar-refractivity contribution >= 4 is 11.6 Å². The molecule has 1 amide bonds. The summed E-state index contributed by atoms with van der Waals surface area (Å²) in [4.78, 5) is 12.1. The average molecular weight is 377 g/mol. The summed E-state index contributed by atoms with van der Waals surface area (Å²) in [5.41, 5.74) is 1.96. The number of hydrogen-bond acceptors (Lipinski definition) is 4. The first-order valence-corrected chi connectivity index (χ1v) is 10.6. The second-order valence-electron chi connectivity index (χ2n) is 7.72. The molecule has 1 unspecified atom stereocenters. The van der Waals surface area contributed by atoms with E-state index in [1.54, 1.807) is 0 Å². The number of anilines is 1. The van der Waals surface area contributed by atoms with Gasteiger partial charge in [0.2, 0.25) is 5.91 Å². The van der Waals surface area contributed by atoms with Crippen molar-refractivity contribution in [2.45, 2.75) is 89.4 Å². The molecule has 0 spiro atoms. The topological polar surface area (TPSA) is 81.6 Å². The maximum Gasteiger partial charge on any atom is 0.244 e. The molecule has 1 heterocycles. The van der Waals surface area contributed by atoms with E-state index in [9.17, 15) is 15.0 Å². The highest BCUT2D eigenvalue weighted by Gasteiger charge is 2.30. The summed E-state index contributed by atoms with van der Waals surface area (Å²) in [5.74, 6) is -0.185. The molecule has 1 aliphatic heterocycles. The molecule has 0 aliphatic carbocycles. The summed E-state index contributed by atoms with van der Waals surface area (Å²) in [6, 6.07) is 7.32. The number of aryl methyl sites for hydroxylation is 1. The Morgan fingerprint density at radius 1 is 1.15 bits per heavy atom. The molecule has 1 aliphatic rings. The lowest BCUT2D eigenvalue weighted by Gasteiger charge is -2.15. The number of benzene rings is 1. The lowest BCUT2D eigenvalue weighted by Crippen LogP contribution is -2.42. The number of rotatable bonds is 12. The molecule has 4 N–H and O–H groups in total. The normalized spacial score (nSPS) is 20.6. The standard InChI is InChI=1S/C22H36N2O3/c1-2-3-4-5-6-9-19(25)10-7-8-17-11-13-18(14-12-17)24-22(27)21-20(26)15-16-23-21/h11-14,19-21,23,25-26H,2-10,15-16H2,1H3,(H,24,27)/t19?,20-,21-/m0/s1. The van der Waals surface area contributed by atoms with Crippen LogP contribution in [0.5, 0.6) is 0 Å². The van der Waals surface area contributed by atoms with Gasteiger partial charge in [0.05, 0.1) is 12.2 Å². The summed E-state index contributed by atoms with van der Waals surface area (Å²) in [6.45, 7) is 2.88. The number of nitrogens with one attached hydrogen (secondary N) is 2. The Hall–Kier alpha value is -1.43. The molecule has 5 heteroatoms. The van der Waals surface area contributed by atoms with E-state index in [0.717, 1.165) is 37.8 Å². The van der Waals surface area contributed by atoms with E-state index in [4.69, 9.17) is 0 Å². The fraction of sp³-hybridized carbons (Fsp3) is 0.682. The van der Waals surface area contributed by atoms with Gasteiger partial charge >= 0.3 is 0 Å². The molecule has 0 aromatic heterocycles. The molecule has 3 atom stereocenters. The first-order valence-electron chi connectivity index (χ1n) is 10.6. The van der Waals surface area contributed by atoms with Gasteiger partial charge in [-0.15, -0.1) is 0 Å². The Balaban J connectivity index is 1.63. The third-order valence-electron chi connectivity index (χ3n) is 5.34. The van der Waals surface area contributed by atoms with E-state index in [0.29, 0.717) is 13.0 Å². The van der Waals surface area contributed by atoms with Crippen molar-refractivity contribution < 1.29 is 15.0 Å². The average Bonchev–Trinajstić information content (AvgIpc) is 3.09. The van der Waals surface area contributed by atoms with Crippen molar-refractivity contribution in [3.05, 3.63) is 29.8 Å². The van der Waals surface area contributed by atoms with Crippen LogP contribution >= 0.6 is 0 Å². The minimum Gasteiger partial charge on any atom is -0.393 e. The molecular formula is C22H36N2O3. The third kappa shape index (κ3) is 7.99. The van der Waals surface area contributed by atoms with Crippen LogP contribution in [0.1, 0.15) is 70.3 Å². The minimum atomic E-state index is -0.609. The van der Waals surface area contributed by atoms with Gasteiger partial charge in [-0.2, -0.15) is 0 Å². The lowest BCUT2D eigenvalue weighted by atomic mass is 10.0. The summed E-state index contributed by atoms with van der Waals surface area (Å²) in [7, 11) is 0. The van der Waals surface area contributed by atoms with E-state index in [2.05, 4.69) is 17.6 Å². The zero-order chi connectivity index (χ0) is 19.5. The predicted octanol–water partition coefficient (Wildman–Crippen LogP) is 3.39. The minimum absolute atomic E-state index is 0.185. The largest absolute Gasteiger partial charge is 0.393 e. The van der Waals surface area contributed by atoms with Gasteiger partial charge in [0.1, 0.15) is 6.04 Å². The van der Waals surface area contributed by atoms with E-state index in [1.807, 2.05) is 24.3 Å². The number of amides is 1. The van der Waals surface area contributed by atoms with E-state index in [-0.39, 0.29) is 12.0 Å². The predicted molar refractivity (Wildman–Crippen MR) is 110 cm³/mol. The molecular weight excluding hydrogens is 340 g/mol. The van der Waals surface area contributed by atoms with Crippen LogP contribution in [-0.4, -0.2) is 40.9 Å². The number of unbranched alkanes of at least 4 members (excludes halogenated alkanes) is 4. The maximum atomic E-state index is 12.1. The van der Waals surface area contributed by atoms with Crippen LogP contribution in [0.3, 0.4) is 0 Å². The highest BCUT2D eigenvalue weighted by atomic mass is 16.3. The van der Waals surface area contributed by atoms with Crippen LogP contribution in [0.2, 0.25) is 0 Å². The summed E-state index contributed by atoms with van der Waals surface area (Å²) >= 11 is 0. The zero-order valence-electron chi connectivity index (χ0n) is 16.6. The SMILES string of the molecule is CCCCCCCC(O)CCCc1ccc(NC(=O)[C@H]2NCC[C@@H]2O)cc1. The molecule has 27 heavy (non-hydrogen) atoms. The first-order chi connectivity index (χ1) is 13.1. The van der Waals surface area contributed by atoms with Gasteiger partial charge in [0.15, 0.2) is 0 Å². The summed E-state index contributed by atoms with van der Waals surface area (Å²) in [6.07, 6.45) is 9.67. The van der Waals surface area contributed by atoms with Crippen molar-refractivity contribution in [3.8, 4) is 0 Å². The summed E-state index contributed by atoms with van der Waals surface area (Å²) in [5, 5.41) is 25.7. The Kier molecular flexibility index (Phi) is 9.81. The van der Waals surface area contributed by atoms with Crippen molar-refractivity contribution in [1.82, 2.24) is 5.32 Å². The molecule has 1 aromatic rings. The van der Waals surface area contributed by atoms with Gasteiger partial charge in [-0.25, -0.2) is 0 Å². The fourth-order valence-electron chi connectivity index (χ4n) is 3.60. The van der Waals surface area contributed by atoms with Gasteiger partial charge < -0.3 is 20.8 Å². The van der Waals surface area contributed by atoms with Crippen LogP contribution < -0.4 is 10.6 Å².